The van der Waals surface area contributed by atoms with Crippen LogP contribution in [0.4, 0.5) is 0 Å². The molecule has 1 heterocycles. The summed E-state index contributed by atoms with van der Waals surface area (Å²) in [6, 6.07) is 8.56. The van der Waals surface area contributed by atoms with Crippen molar-refractivity contribution in [1.29, 1.82) is 0 Å². The normalized spacial score (nSPS) is 18.1. The zero-order valence-electron chi connectivity index (χ0n) is 12.3. The largest absolute Gasteiger partial charge is 0.326 e. The van der Waals surface area contributed by atoms with Crippen molar-refractivity contribution in [2.75, 3.05) is 33.7 Å². The van der Waals surface area contributed by atoms with E-state index in [0.717, 1.165) is 12.5 Å². The molecule has 0 aromatic heterocycles. The summed E-state index contributed by atoms with van der Waals surface area (Å²) >= 11 is 0. The van der Waals surface area contributed by atoms with Crippen molar-refractivity contribution in [3.8, 4) is 0 Å². The molecule has 0 saturated carbocycles. The summed E-state index contributed by atoms with van der Waals surface area (Å²) in [7, 11) is 4.34. The van der Waals surface area contributed by atoms with E-state index >= 15 is 0 Å². The number of piperidine rings is 1. The van der Waals surface area contributed by atoms with E-state index in [-0.39, 0.29) is 0 Å². The Kier molecular flexibility index (Phi) is 5.37. The van der Waals surface area contributed by atoms with Gasteiger partial charge >= 0.3 is 0 Å². The summed E-state index contributed by atoms with van der Waals surface area (Å²) in [6.07, 6.45) is 2.64. The van der Waals surface area contributed by atoms with Gasteiger partial charge in [0.05, 0.1) is 0 Å². The first kappa shape index (κ1) is 14.5. The average Bonchev–Trinajstić information content (AvgIpc) is 2.41. The van der Waals surface area contributed by atoms with Crippen molar-refractivity contribution in [2.24, 2.45) is 11.7 Å². The number of hydrogen-bond donors (Lipinski definition) is 1. The third-order valence-electron chi connectivity index (χ3n) is 4.06. The van der Waals surface area contributed by atoms with Crippen LogP contribution in [0.2, 0.25) is 0 Å². The highest BCUT2D eigenvalue weighted by Gasteiger charge is 2.20. The standard InChI is InChI=1S/C16H27N3/c1-18(2)12-14-7-9-19(10-8-14)13-16-6-4-3-5-15(16)11-17/h3-6,14H,7-13,17H2,1-2H3. The van der Waals surface area contributed by atoms with Crippen LogP contribution in [-0.2, 0) is 13.1 Å². The number of hydrogen-bond acceptors (Lipinski definition) is 3. The summed E-state index contributed by atoms with van der Waals surface area (Å²) in [6.45, 7) is 5.37. The Labute approximate surface area is 117 Å². The number of likely N-dealkylation sites (tertiary alicyclic amines) is 1. The first-order valence-corrected chi connectivity index (χ1v) is 7.33. The molecule has 1 saturated heterocycles. The van der Waals surface area contributed by atoms with Crippen LogP contribution in [0, 0.1) is 5.92 Å². The van der Waals surface area contributed by atoms with Crippen LogP contribution in [0.15, 0.2) is 24.3 Å². The molecule has 0 unspecified atom stereocenters. The Bertz CT molecular complexity index is 381. The van der Waals surface area contributed by atoms with Gasteiger partial charge in [-0.3, -0.25) is 4.90 Å². The highest BCUT2D eigenvalue weighted by Crippen LogP contribution is 2.20. The second kappa shape index (κ2) is 7.04. The van der Waals surface area contributed by atoms with E-state index in [1.54, 1.807) is 0 Å². The van der Waals surface area contributed by atoms with Crippen molar-refractivity contribution in [3.05, 3.63) is 35.4 Å². The van der Waals surface area contributed by atoms with Gasteiger partial charge < -0.3 is 10.6 Å². The number of nitrogens with zero attached hydrogens (tertiary/aromatic N) is 2. The zero-order chi connectivity index (χ0) is 13.7. The summed E-state index contributed by atoms with van der Waals surface area (Å²) in [5.41, 5.74) is 8.50. The molecule has 1 aromatic carbocycles. The zero-order valence-corrected chi connectivity index (χ0v) is 12.3. The summed E-state index contributed by atoms with van der Waals surface area (Å²) in [5, 5.41) is 0. The fraction of sp³-hybridized carbons (Fsp3) is 0.625. The van der Waals surface area contributed by atoms with Gasteiger partial charge in [0.15, 0.2) is 0 Å². The maximum atomic E-state index is 5.81. The predicted octanol–water partition coefficient (Wildman–Crippen LogP) is 1.92. The third-order valence-corrected chi connectivity index (χ3v) is 4.06. The molecule has 1 fully saturated rings. The molecular formula is C16H27N3. The van der Waals surface area contributed by atoms with Crippen LogP contribution < -0.4 is 5.73 Å². The molecule has 0 amide bonds. The monoisotopic (exact) mass is 261 g/mol. The van der Waals surface area contributed by atoms with Crippen LogP contribution in [0.3, 0.4) is 0 Å². The van der Waals surface area contributed by atoms with Crippen molar-refractivity contribution in [3.63, 3.8) is 0 Å². The van der Waals surface area contributed by atoms with E-state index in [9.17, 15) is 0 Å². The fourth-order valence-corrected chi connectivity index (χ4v) is 3.00. The molecule has 0 atom stereocenters. The molecule has 2 N–H and O–H groups in total. The van der Waals surface area contributed by atoms with Gasteiger partial charge in [-0.25, -0.2) is 0 Å². The SMILES string of the molecule is CN(C)CC1CCN(Cc2ccccc2CN)CC1. The van der Waals surface area contributed by atoms with E-state index in [2.05, 4.69) is 48.2 Å². The molecular weight excluding hydrogens is 234 g/mol. The van der Waals surface area contributed by atoms with Crippen LogP contribution in [0.1, 0.15) is 24.0 Å². The Hall–Kier alpha value is -0.900. The first-order valence-electron chi connectivity index (χ1n) is 7.33. The summed E-state index contributed by atoms with van der Waals surface area (Å²) in [4.78, 5) is 4.88. The fourth-order valence-electron chi connectivity index (χ4n) is 3.00. The van der Waals surface area contributed by atoms with Gasteiger partial charge in [-0.1, -0.05) is 24.3 Å². The lowest BCUT2D eigenvalue weighted by atomic mass is 9.95. The van der Waals surface area contributed by atoms with E-state index in [4.69, 9.17) is 5.73 Å². The molecule has 3 nitrogen and oxygen atoms in total. The van der Waals surface area contributed by atoms with E-state index in [1.807, 2.05) is 0 Å². The minimum atomic E-state index is 0.646. The Balaban J connectivity index is 1.85. The molecule has 1 aliphatic rings. The highest BCUT2D eigenvalue weighted by atomic mass is 15.1. The quantitative estimate of drug-likeness (QED) is 0.879. The molecule has 3 heteroatoms. The van der Waals surface area contributed by atoms with Gasteiger partial charge in [-0.15, -0.1) is 0 Å². The van der Waals surface area contributed by atoms with Crippen LogP contribution in [-0.4, -0.2) is 43.5 Å². The molecule has 0 aliphatic carbocycles. The van der Waals surface area contributed by atoms with Gasteiger partial charge in [0.1, 0.15) is 0 Å². The number of nitrogens with two attached hydrogens (primary N) is 1. The van der Waals surface area contributed by atoms with Crippen molar-refractivity contribution < 1.29 is 0 Å². The third kappa shape index (κ3) is 4.30. The Morgan fingerprint density at radius 2 is 1.79 bits per heavy atom. The van der Waals surface area contributed by atoms with Gasteiger partial charge in [-0.05, 0) is 57.1 Å². The Morgan fingerprint density at radius 1 is 1.16 bits per heavy atom. The second-order valence-electron chi connectivity index (χ2n) is 5.95. The number of benzene rings is 1. The molecule has 2 rings (SSSR count). The second-order valence-corrected chi connectivity index (χ2v) is 5.95. The molecule has 106 valence electrons. The smallest absolute Gasteiger partial charge is 0.0236 e. The molecule has 0 spiro atoms. The maximum Gasteiger partial charge on any atom is 0.0236 e. The summed E-state index contributed by atoms with van der Waals surface area (Å²) in [5.74, 6) is 0.871. The van der Waals surface area contributed by atoms with E-state index in [0.29, 0.717) is 6.54 Å². The molecule has 0 radical (unpaired) electrons. The first-order chi connectivity index (χ1) is 9.19. The molecule has 1 aromatic rings. The Morgan fingerprint density at radius 3 is 2.37 bits per heavy atom. The van der Waals surface area contributed by atoms with Crippen molar-refractivity contribution in [2.45, 2.75) is 25.9 Å². The van der Waals surface area contributed by atoms with Gasteiger partial charge in [0.25, 0.3) is 0 Å². The molecule has 1 aliphatic heterocycles. The van der Waals surface area contributed by atoms with Crippen LogP contribution >= 0.6 is 0 Å². The van der Waals surface area contributed by atoms with E-state index in [1.165, 1.54) is 43.6 Å². The predicted molar refractivity (Wildman–Crippen MR) is 80.9 cm³/mol. The van der Waals surface area contributed by atoms with Crippen LogP contribution in [0.25, 0.3) is 0 Å². The number of rotatable bonds is 5. The topological polar surface area (TPSA) is 32.5 Å². The lowest BCUT2D eigenvalue weighted by Crippen LogP contribution is -2.36. The highest BCUT2D eigenvalue weighted by molar-refractivity contribution is 5.26. The molecule has 19 heavy (non-hydrogen) atoms. The van der Waals surface area contributed by atoms with Gasteiger partial charge in [0.2, 0.25) is 0 Å². The van der Waals surface area contributed by atoms with Gasteiger partial charge in [0, 0.05) is 19.6 Å². The summed E-state index contributed by atoms with van der Waals surface area (Å²) < 4.78 is 0. The van der Waals surface area contributed by atoms with Crippen molar-refractivity contribution in [1.82, 2.24) is 9.80 Å². The molecule has 0 bridgehead atoms. The lowest BCUT2D eigenvalue weighted by molar-refractivity contribution is 0.156. The van der Waals surface area contributed by atoms with Crippen LogP contribution in [0.5, 0.6) is 0 Å². The minimum absolute atomic E-state index is 0.646. The minimum Gasteiger partial charge on any atom is -0.326 e. The maximum absolute atomic E-state index is 5.81. The van der Waals surface area contributed by atoms with Crippen molar-refractivity contribution >= 4 is 0 Å². The lowest BCUT2D eigenvalue weighted by Gasteiger charge is -2.33. The van der Waals surface area contributed by atoms with Gasteiger partial charge in [-0.2, -0.15) is 0 Å². The average molecular weight is 261 g/mol. The van der Waals surface area contributed by atoms with E-state index < -0.39 is 0 Å².